The first-order valence-electron chi connectivity index (χ1n) is 5.85. The number of hydrogen-bond donors (Lipinski definition) is 2. The first kappa shape index (κ1) is 12.3. The van der Waals surface area contributed by atoms with Crippen LogP contribution in [-0.2, 0) is 6.42 Å². The Balaban J connectivity index is 1.65. The van der Waals surface area contributed by atoms with Gasteiger partial charge >= 0.3 is 0 Å². The van der Waals surface area contributed by atoms with Gasteiger partial charge in [-0.15, -0.1) is 11.3 Å². The van der Waals surface area contributed by atoms with Gasteiger partial charge in [-0.2, -0.15) is 4.98 Å². The zero-order valence-electron chi connectivity index (χ0n) is 10.0. The number of nitrogen functional groups attached to an aromatic ring is 1. The summed E-state index contributed by atoms with van der Waals surface area (Å²) in [5.74, 6) is 0. The molecule has 0 fully saturated rings. The van der Waals surface area contributed by atoms with Gasteiger partial charge in [-0.3, -0.25) is 0 Å². The molecule has 1 aromatic carbocycles. The SMILES string of the molecule is Nc1ccc2oc(NCCc3ccc(Cl)s3)nc2c1. The minimum Gasteiger partial charge on any atom is -0.424 e. The second-order valence-corrected chi connectivity index (χ2v) is 5.93. The van der Waals surface area contributed by atoms with Crippen molar-refractivity contribution in [2.75, 3.05) is 17.6 Å². The zero-order chi connectivity index (χ0) is 13.2. The molecule has 6 heteroatoms. The Hall–Kier alpha value is -1.72. The molecule has 2 heterocycles. The number of aromatic nitrogens is 1. The largest absolute Gasteiger partial charge is 0.424 e. The van der Waals surface area contributed by atoms with Crippen LogP contribution in [0.3, 0.4) is 0 Å². The van der Waals surface area contributed by atoms with Crippen LogP contribution in [0.4, 0.5) is 11.7 Å². The molecule has 4 nitrogen and oxygen atoms in total. The van der Waals surface area contributed by atoms with E-state index >= 15 is 0 Å². The van der Waals surface area contributed by atoms with Crippen LogP contribution < -0.4 is 11.1 Å². The summed E-state index contributed by atoms with van der Waals surface area (Å²) >= 11 is 7.47. The molecule has 3 N–H and O–H groups in total. The predicted molar refractivity (Wildman–Crippen MR) is 79.9 cm³/mol. The van der Waals surface area contributed by atoms with Crippen molar-refractivity contribution in [3.63, 3.8) is 0 Å². The highest BCUT2D eigenvalue weighted by Gasteiger charge is 2.05. The smallest absolute Gasteiger partial charge is 0.295 e. The summed E-state index contributed by atoms with van der Waals surface area (Å²) in [5, 5.41) is 3.16. The van der Waals surface area contributed by atoms with E-state index in [1.807, 2.05) is 18.2 Å². The van der Waals surface area contributed by atoms with E-state index in [0.29, 0.717) is 11.7 Å². The summed E-state index contributed by atoms with van der Waals surface area (Å²) in [7, 11) is 0. The average molecular weight is 294 g/mol. The number of hydrogen-bond acceptors (Lipinski definition) is 5. The molecule has 0 atom stereocenters. The third kappa shape index (κ3) is 2.83. The standard InChI is InChI=1S/C13H12ClN3OS/c14-12-4-2-9(19-12)5-6-16-13-17-10-7-8(15)1-3-11(10)18-13/h1-4,7H,5-6,15H2,(H,16,17). The van der Waals surface area contributed by atoms with Gasteiger partial charge in [0.1, 0.15) is 5.52 Å². The third-order valence-electron chi connectivity index (χ3n) is 2.69. The first-order valence-corrected chi connectivity index (χ1v) is 7.04. The molecule has 0 aliphatic heterocycles. The van der Waals surface area contributed by atoms with Crippen LogP contribution in [-0.4, -0.2) is 11.5 Å². The minimum absolute atomic E-state index is 0.517. The average Bonchev–Trinajstić information content (AvgIpc) is 2.95. The molecule has 19 heavy (non-hydrogen) atoms. The fraction of sp³-hybridized carbons (Fsp3) is 0.154. The summed E-state index contributed by atoms with van der Waals surface area (Å²) < 4.78 is 6.38. The van der Waals surface area contributed by atoms with Crippen molar-refractivity contribution >= 4 is 45.7 Å². The van der Waals surface area contributed by atoms with E-state index in [1.165, 1.54) is 4.88 Å². The number of fused-ring (bicyclic) bond motifs is 1. The molecule has 3 rings (SSSR count). The number of nitrogens with two attached hydrogens (primary N) is 1. The number of anilines is 2. The van der Waals surface area contributed by atoms with Crippen LogP contribution in [0.2, 0.25) is 4.34 Å². The molecule has 0 saturated heterocycles. The molecular formula is C13H12ClN3OS. The maximum atomic E-state index is 5.88. The van der Waals surface area contributed by atoms with E-state index < -0.39 is 0 Å². The number of oxazole rings is 1. The van der Waals surface area contributed by atoms with Crippen LogP contribution >= 0.6 is 22.9 Å². The van der Waals surface area contributed by atoms with Gasteiger partial charge in [-0.25, -0.2) is 0 Å². The highest BCUT2D eigenvalue weighted by molar-refractivity contribution is 7.16. The topological polar surface area (TPSA) is 64.1 Å². The number of benzene rings is 1. The van der Waals surface area contributed by atoms with Gasteiger partial charge in [-0.05, 0) is 36.8 Å². The van der Waals surface area contributed by atoms with E-state index in [-0.39, 0.29) is 0 Å². The van der Waals surface area contributed by atoms with Gasteiger partial charge in [0, 0.05) is 17.1 Å². The molecule has 0 spiro atoms. The molecule has 0 bridgehead atoms. The van der Waals surface area contributed by atoms with Crippen molar-refractivity contribution in [2.24, 2.45) is 0 Å². The second-order valence-electron chi connectivity index (χ2n) is 4.13. The van der Waals surface area contributed by atoms with Crippen LogP contribution in [0.15, 0.2) is 34.7 Å². The predicted octanol–water partition coefficient (Wildman–Crippen LogP) is 3.78. The van der Waals surface area contributed by atoms with E-state index in [1.54, 1.807) is 23.5 Å². The molecule has 0 aliphatic carbocycles. The Kier molecular flexibility index (Phi) is 3.31. The van der Waals surface area contributed by atoms with E-state index in [2.05, 4.69) is 10.3 Å². The number of nitrogens with one attached hydrogen (secondary N) is 1. The molecule has 0 saturated carbocycles. The van der Waals surface area contributed by atoms with Crippen LogP contribution in [0.1, 0.15) is 4.88 Å². The van der Waals surface area contributed by atoms with Gasteiger partial charge in [0.2, 0.25) is 0 Å². The Morgan fingerprint density at radius 3 is 3.00 bits per heavy atom. The van der Waals surface area contributed by atoms with Crippen LogP contribution in [0, 0.1) is 0 Å². The Morgan fingerprint density at radius 1 is 1.32 bits per heavy atom. The maximum absolute atomic E-state index is 5.88. The molecule has 0 radical (unpaired) electrons. The lowest BCUT2D eigenvalue weighted by molar-refractivity contribution is 0.614. The van der Waals surface area contributed by atoms with Crippen molar-refractivity contribution in [1.29, 1.82) is 0 Å². The van der Waals surface area contributed by atoms with Crippen molar-refractivity contribution in [2.45, 2.75) is 6.42 Å². The Labute approximate surface area is 119 Å². The van der Waals surface area contributed by atoms with Gasteiger partial charge in [-0.1, -0.05) is 11.6 Å². The fourth-order valence-electron chi connectivity index (χ4n) is 1.80. The summed E-state index contributed by atoms with van der Waals surface area (Å²) in [6.45, 7) is 0.749. The third-order valence-corrected chi connectivity index (χ3v) is 3.98. The molecule has 98 valence electrons. The lowest BCUT2D eigenvalue weighted by atomic mass is 10.3. The van der Waals surface area contributed by atoms with E-state index in [0.717, 1.165) is 28.4 Å². The van der Waals surface area contributed by atoms with Crippen molar-refractivity contribution in [3.8, 4) is 0 Å². The number of halogens is 1. The number of rotatable bonds is 4. The Morgan fingerprint density at radius 2 is 2.21 bits per heavy atom. The van der Waals surface area contributed by atoms with Crippen molar-refractivity contribution in [3.05, 3.63) is 39.5 Å². The minimum atomic E-state index is 0.517. The molecule has 0 aliphatic rings. The van der Waals surface area contributed by atoms with Gasteiger partial charge < -0.3 is 15.5 Å². The summed E-state index contributed by atoms with van der Waals surface area (Å²) in [6, 6.07) is 9.87. The van der Waals surface area contributed by atoms with Crippen LogP contribution in [0.25, 0.3) is 11.1 Å². The van der Waals surface area contributed by atoms with Gasteiger partial charge in [0.25, 0.3) is 6.01 Å². The van der Waals surface area contributed by atoms with Gasteiger partial charge in [0.05, 0.1) is 4.34 Å². The quantitative estimate of drug-likeness (QED) is 0.719. The first-order chi connectivity index (χ1) is 9.20. The normalized spacial score (nSPS) is 11.0. The van der Waals surface area contributed by atoms with Crippen LogP contribution in [0.5, 0.6) is 0 Å². The molecule has 3 aromatic rings. The van der Waals surface area contributed by atoms with E-state index in [9.17, 15) is 0 Å². The molecule has 0 unspecified atom stereocenters. The summed E-state index contributed by atoms with van der Waals surface area (Å²) in [4.78, 5) is 5.56. The molecule has 2 aromatic heterocycles. The van der Waals surface area contributed by atoms with Gasteiger partial charge in [0.15, 0.2) is 5.58 Å². The van der Waals surface area contributed by atoms with Crippen molar-refractivity contribution < 1.29 is 4.42 Å². The lowest BCUT2D eigenvalue weighted by Gasteiger charge is -1.98. The summed E-state index contributed by atoms with van der Waals surface area (Å²) in [6.07, 6.45) is 0.887. The van der Waals surface area contributed by atoms with E-state index in [4.69, 9.17) is 21.8 Å². The number of nitrogens with zero attached hydrogens (tertiary/aromatic N) is 1. The summed E-state index contributed by atoms with van der Waals surface area (Å²) in [5.41, 5.74) is 7.88. The molecule has 0 amide bonds. The monoisotopic (exact) mass is 293 g/mol. The number of thiophene rings is 1. The molecular weight excluding hydrogens is 282 g/mol. The Bertz CT molecular complexity index is 707. The lowest BCUT2D eigenvalue weighted by Crippen LogP contribution is -2.03. The maximum Gasteiger partial charge on any atom is 0.295 e. The zero-order valence-corrected chi connectivity index (χ0v) is 11.6. The highest BCUT2D eigenvalue weighted by Crippen LogP contribution is 2.23. The second kappa shape index (κ2) is 5.11. The highest BCUT2D eigenvalue weighted by atomic mass is 35.5. The van der Waals surface area contributed by atoms with Crippen molar-refractivity contribution in [1.82, 2.24) is 4.98 Å². The fourth-order valence-corrected chi connectivity index (χ4v) is 2.89.